The molecule has 0 amide bonds. The minimum atomic E-state index is -0.446. The van der Waals surface area contributed by atoms with Gasteiger partial charge in [0.25, 0.3) is 0 Å². The van der Waals surface area contributed by atoms with Gasteiger partial charge in [-0.3, -0.25) is 0 Å². The average molecular weight is 265 g/mol. The summed E-state index contributed by atoms with van der Waals surface area (Å²) in [6.07, 6.45) is 0.301. The Morgan fingerprint density at radius 3 is 2.67 bits per heavy atom. The van der Waals surface area contributed by atoms with E-state index in [1.54, 1.807) is 12.1 Å². The largest absolute Gasteiger partial charge is 0.388 e. The van der Waals surface area contributed by atoms with Crippen molar-refractivity contribution in [1.29, 1.82) is 0 Å². The summed E-state index contributed by atoms with van der Waals surface area (Å²) in [6, 6.07) is 5.26. The van der Waals surface area contributed by atoms with E-state index < -0.39 is 6.10 Å². The van der Waals surface area contributed by atoms with E-state index in [1.165, 1.54) is 0 Å². The second-order valence-electron chi connectivity index (χ2n) is 3.17. The molecule has 0 saturated heterocycles. The van der Waals surface area contributed by atoms with Crippen molar-refractivity contribution in [3.05, 3.63) is 33.8 Å². The molecule has 1 aromatic rings. The molecule has 0 aliphatic rings. The van der Waals surface area contributed by atoms with Gasteiger partial charge in [0.1, 0.15) is 0 Å². The van der Waals surface area contributed by atoms with Crippen LogP contribution in [0.2, 0.25) is 10.0 Å². The van der Waals surface area contributed by atoms with Gasteiger partial charge >= 0.3 is 0 Å². The molecule has 0 aliphatic heterocycles. The van der Waals surface area contributed by atoms with Crippen LogP contribution in [0.1, 0.15) is 25.0 Å². The van der Waals surface area contributed by atoms with Crippen LogP contribution in [0.4, 0.5) is 0 Å². The average Bonchev–Trinajstić information content (AvgIpc) is 2.22. The maximum absolute atomic E-state index is 9.85. The van der Waals surface area contributed by atoms with Crippen LogP contribution in [0.25, 0.3) is 0 Å². The van der Waals surface area contributed by atoms with Gasteiger partial charge in [-0.05, 0) is 35.6 Å². The van der Waals surface area contributed by atoms with Crippen molar-refractivity contribution in [2.24, 2.45) is 0 Å². The molecule has 1 unspecified atom stereocenters. The minimum absolute atomic E-state index is 0.446. The van der Waals surface area contributed by atoms with E-state index in [-0.39, 0.29) is 0 Å². The molecule has 4 heteroatoms. The van der Waals surface area contributed by atoms with Gasteiger partial charge in [0.2, 0.25) is 0 Å². The van der Waals surface area contributed by atoms with Crippen LogP contribution in [0, 0.1) is 0 Å². The van der Waals surface area contributed by atoms with Gasteiger partial charge in [-0.25, -0.2) is 0 Å². The van der Waals surface area contributed by atoms with Crippen LogP contribution in [-0.2, 0) is 0 Å². The van der Waals surface area contributed by atoms with Crippen LogP contribution in [0.3, 0.4) is 0 Å². The zero-order chi connectivity index (χ0) is 11.3. The zero-order valence-corrected chi connectivity index (χ0v) is 10.9. The van der Waals surface area contributed by atoms with Crippen molar-refractivity contribution in [3.63, 3.8) is 0 Å². The van der Waals surface area contributed by atoms with E-state index in [0.717, 1.165) is 23.5 Å². The summed E-state index contributed by atoms with van der Waals surface area (Å²) >= 11 is 13.5. The van der Waals surface area contributed by atoms with E-state index in [2.05, 4.69) is 6.92 Å². The highest BCUT2D eigenvalue weighted by atomic mass is 35.5. The van der Waals surface area contributed by atoms with Gasteiger partial charge in [-0.15, -0.1) is 0 Å². The molecule has 0 heterocycles. The quantitative estimate of drug-likeness (QED) is 0.806. The van der Waals surface area contributed by atoms with Crippen molar-refractivity contribution < 1.29 is 5.11 Å². The Bertz CT molecular complexity index is 317. The van der Waals surface area contributed by atoms with Crippen LogP contribution < -0.4 is 0 Å². The standard InChI is InChI=1S/C11H14Cl2OS/c1-2-15-6-5-11(14)8-3-4-9(12)10(13)7-8/h3-4,7,11,14H,2,5-6H2,1H3. The predicted molar refractivity (Wildman–Crippen MR) is 69.0 cm³/mol. The van der Waals surface area contributed by atoms with Gasteiger partial charge in [0.05, 0.1) is 16.1 Å². The third-order valence-electron chi connectivity index (χ3n) is 2.07. The molecule has 0 radical (unpaired) electrons. The molecule has 1 rings (SSSR count). The van der Waals surface area contributed by atoms with Crippen LogP contribution in [0.5, 0.6) is 0 Å². The monoisotopic (exact) mass is 264 g/mol. The molecular weight excluding hydrogens is 251 g/mol. The topological polar surface area (TPSA) is 20.2 Å². The Labute approximate surface area is 105 Å². The molecule has 0 aliphatic carbocycles. The summed E-state index contributed by atoms with van der Waals surface area (Å²) in [5.41, 5.74) is 0.834. The van der Waals surface area contributed by atoms with Gasteiger partial charge in [0, 0.05) is 0 Å². The van der Waals surface area contributed by atoms with E-state index in [0.29, 0.717) is 10.0 Å². The second-order valence-corrected chi connectivity index (χ2v) is 5.38. The fourth-order valence-corrected chi connectivity index (χ4v) is 2.21. The van der Waals surface area contributed by atoms with Gasteiger partial charge in [-0.2, -0.15) is 11.8 Å². The lowest BCUT2D eigenvalue weighted by molar-refractivity contribution is 0.175. The highest BCUT2D eigenvalue weighted by Crippen LogP contribution is 2.27. The Morgan fingerprint density at radius 2 is 2.07 bits per heavy atom. The molecular formula is C11H14Cl2OS. The molecule has 15 heavy (non-hydrogen) atoms. The maximum Gasteiger partial charge on any atom is 0.0798 e. The molecule has 0 spiro atoms. The first-order valence-corrected chi connectivity index (χ1v) is 6.77. The van der Waals surface area contributed by atoms with Crippen LogP contribution in [0.15, 0.2) is 18.2 Å². The summed E-state index contributed by atoms with van der Waals surface area (Å²) in [6.45, 7) is 2.11. The minimum Gasteiger partial charge on any atom is -0.388 e. The van der Waals surface area contributed by atoms with E-state index in [4.69, 9.17) is 23.2 Å². The number of hydrogen-bond donors (Lipinski definition) is 1. The summed E-state index contributed by atoms with van der Waals surface area (Å²) in [5, 5.41) is 10.9. The molecule has 1 N–H and O–H groups in total. The lowest BCUT2D eigenvalue weighted by Crippen LogP contribution is -1.99. The van der Waals surface area contributed by atoms with Crippen molar-refractivity contribution >= 4 is 35.0 Å². The van der Waals surface area contributed by atoms with Crippen LogP contribution >= 0.6 is 35.0 Å². The lowest BCUT2D eigenvalue weighted by atomic mass is 10.1. The van der Waals surface area contributed by atoms with E-state index in [1.807, 2.05) is 17.8 Å². The fraction of sp³-hybridized carbons (Fsp3) is 0.455. The Morgan fingerprint density at radius 1 is 1.33 bits per heavy atom. The summed E-state index contributed by atoms with van der Waals surface area (Å²) < 4.78 is 0. The molecule has 1 atom stereocenters. The fourth-order valence-electron chi connectivity index (χ4n) is 1.23. The smallest absolute Gasteiger partial charge is 0.0798 e. The van der Waals surface area contributed by atoms with Crippen LogP contribution in [-0.4, -0.2) is 16.6 Å². The Kier molecular flexibility index (Phi) is 5.83. The number of aliphatic hydroxyl groups excluding tert-OH is 1. The van der Waals surface area contributed by atoms with E-state index >= 15 is 0 Å². The molecule has 0 bridgehead atoms. The molecule has 0 aromatic heterocycles. The number of aliphatic hydroxyl groups is 1. The van der Waals surface area contributed by atoms with Gasteiger partial charge < -0.3 is 5.11 Å². The number of rotatable bonds is 5. The molecule has 1 nitrogen and oxygen atoms in total. The molecule has 1 aromatic carbocycles. The first kappa shape index (κ1) is 13.2. The Hall–Kier alpha value is 0.110. The summed E-state index contributed by atoms with van der Waals surface area (Å²) in [7, 11) is 0. The number of hydrogen-bond acceptors (Lipinski definition) is 2. The number of thioether (sulfide) groups is 1. The SMILES string of the molecule is CCSCCC(O)c1ccc(Cl)c(Cl)c1. The van der Waals surface area contributed by atoms with Crippen molar-refractivity contribution in [1.82, 2.24) is 0 Å². The highest BCUT2D eigenvalue weighted by Gasteiger charge is 2.08. The third-order valence-corrected chi connectivity index (χ3v) is 3.74. The maximum atomic E-state index is 9.85. The molecule has 84 valence electrons. The second kappa shape index (κ2) is 6.64. The predicted octanol–water partition coefficient (Wildman–Crippen LogP) is 4.17. The summed E-state index contributed by atoms with van der Waals surface area (Å²) in [4.78, 5) is 0. The normalized spacial score (nSPS) is 12.8. The number of halogens is 2. The van der Waals surface area contributed by atoms with Crippen molar-refractivity contribution in [2.45, 2.75) is 19.4 Å². The molecule has 0 saturated carbocycles. The van der Waals surface area contributed by atoms with E-state index in [9.17, 15) is 5.11 Å². The Balaban J connectivity index is 2.57. The van der Waals surface area contributed by atoms with Gasteiger partial charge in [-0.1, -0.05) is 36.2 Å². The molecule has 0 fully saturated rings. The summed E-state index contributed by atoms with van der Waals surface area (Å²) in [5.74, 6) is 2.03. The zero-order valence-electron chi connectivity index (χ0n) is 8.54. The number of benzene rings is 1. The first-order chi connectivity index (χ1) is 7.15. The van der Waals surface area contributed by atoms with Crippen molar-refractivity contribution in [3.8, 4) is 0 Å². The van der Waals surface area contributed by atoms with Gasteiger partial charge in [0.15, 0.2) is 0 Å². The third kappa shape index (κ3) is 4.23. The lowest BCUT2D eigenvalue weighted by Gasteiger charge is -2.11. The van der Waals surface area contributed by atoms with Crippen molar-refractivity contribution in [2.75, 3.05) is 11.5 Å². The highest BCUT2D eigenvalue weighted by molar-refractivity contribution is 7.99. The first-order valence-electron chi connectivity index (χ1n) is 4.86.